The molecule has 0 fully saturated rings. The average molecular weight is 441 g/mol. The molecule has 0 amide bonds. The number of hydrogen-bond donors (Lipinski definition) is 0. The monoisotopic (exact) mass is 440 g/mol. The van der Waals surface area contributed by atoms with Gasteiger partial charge in [-0.15, -0.1) is 0 Å². The largest absolute Gasteiger partial charge is 0.0909 e. The van der Waals surface area contributed by atoms with Crippen LogP contribution < -0.4 is 10.4 Å². The van der Waals surface area contributed by atoms with Crippen LogP contribution in [0.1, 0.15) is 91.5 Å². The van der Waals surface area contributed by atoms with Crippen molar-refractivity contribution >= 4 is 13.2 Å². The Kier molecular flexibility index (Phi) is 8.18. The summed E-state index contributed by atoms with van der Waals surface area (Å²) in [5.74, 6) is 0. The molecule has 0 saturated heterocycles. The van der Waals surface area contributed by atoms with E-state index in [1.807, 2.05) is 27.7 Å². The van der Waals surface area contributed by atoms with E-state index in [0.29, 0.717) is 0 Å². The van der Waals surface area contributed by atoms with Gasteiger partial charge in [-0.25, -0.2) is 0 Å². The maximum absolute atomic E-state index is 4.38. The van der Waals surface area contributed by atoms with Gasteiger partial charge in [0.15, 0.2) is 0 Å². The molecule has 0 bridgehead atoms. The van der Waals surface area contributed by atoms with Gasteiger partial charge in [0.2, 0.25) is 0 Å². The van der Waals surface area contributed by atoms with Crippen LogP contribution in [0.2, 0.25) is 0 Å². The van der Waals surface area contributed by atoms with Gasteiger partial charge in [-0.05, 0) is 72.2 Å². The standard InChI is InChI=1S/C29H32.2C2H6/c1-18-19(2)27(29(6,7)8)14-13-24(18)20-9-11-25-21(15-20)16-22-17-23(28(3,4)5)10-12-26(22)25;2*1-2/h9-15,17H,1-2,16H2,3-8H3;2*1-2H3. The Morgan fingerprint density at radius 1 is 0.576 bits per heavy atom. The van der Waals surface area contributed by atoms with Crippen LogP contribution in [-0.2, 0) is 17.3 Å². The van der Waals surface area contributed by atoms with E-state index >= 15 is 0 Å². The van der Waals surface area contributed by atoms with Crippen LogP contribution >= 0.6 is 0 Å². The smallest absolute Gasteiger partial charge is 0.00131 e. The van der Waals surface area contributed by atoms with Gasteiger partial charge in [0.1, 0.15) is 0 Å². The topological polar surface area (TPSA) is 0 Å². The lowest BCUT2D eigenvalue weighted by molar-refractivity contribution is 0.586. The predicted molar refractivity (Wildman–Crippen MR) is 151 cm³/mol. The summed E-state index contributed by atoms with van der Waals surface area (Å²) in [5.41, 5.74) is 11.0. The highest BCUT2D eigenvalue weighted by atomic mass is 14.3. The third-order valence-corrected chi connectivity index (χ3v) is 6.30. The molecule has 3 aromatic carbocycles. The molecule has 0 unspecified atom stereocenters. The minimum Gasteiger partial charge on any atom is -0.0909 e. The highest BCUT2D eigenvalue weighted by Crippen LogP contribution is 2.40. The van der Waals surface area contributed by atoms with E-state index in [0.717, 1.165) is 16.9 Å². The van der Waals surface area contributed by atoms with Gasteiger partial charge in [0.05, 0.1) is 0 Å². The molecule has 0 heterocycles. The molecule has 0 radical (unpaired) electrons. The normalized spacial score (nSPS) is 12.1. The van der Waals surface area contributed by atoms with Crippen molar-refractivity contribution in [2.24, 2.45) is 0 Å². The maximum Gasteiger partial charge on any atom is -0.00131 e. The molecule has 0 saturated carbocycles. The summed E-state index contributed by atoms with van der Waals surface area (Å²) in [6.07, 6.45) is 1.01. The predicted octanol–water partition coefficient (Wildman–Crippen LogP) is 8.39. The van der Waals surface area contributed by atoms with E-state index < -0.39 is 0 Å². The van der Waals surface area contributed by atoms with Gasteiger partial charge < -0.3 is 0 Å². The second kappa shape index (κ2) is 10.1. The Balaban J connectivity index is 0.000000914. The fourth-order valence-corrected chi connectivity index (χ4v) is 4.51. The average Bonchev–Trinajstić information content (AvgIpc) is 3.14. The molecule has 0 N–H and O–H groups in total. The molecule has 1 aliphatic carbocycles. The molecule has 0 heteroatoms. The zero-order valence-electron chi connectivity index (χ0n) is 22.7. The summed E-state index contributed by atoms with van der Waals surface area (Å²) in [6, 6.07) is 18.3. The van der Waals surface area contributed by atoms with Crippen LogP contribution in [0.25, 0.3) is 35.4 Å². The van der Waals surface area contributed by atoms with Crippen molar-refractivity contribution in [3.63, 3.8) is 0 Å². The molecule has 0 nitrogen and oxygen atoms in total. The van der Waals surface area contributed by atoms with Crippen molar-refractivity contribution in [2.75, 3.05) is 0 Å². The molecule has 3 aromatic rings. The Bertz CT molecular complexity index is 1210. The Hall–Kier alpha value is -2.60. The summed E-state index contributed by atoms with van der Waals surface area (Å²) >= 11 is 0. The van der Waals surface area contributed by atoms with Crippen LogP contribution in [0.4, 0.5) is 0 Å². The summed E-state index contributed by atoms with van der Waals surface area (Å²) in [7, 11) is 0. The second-order valence-electron chi connectivity index (χ2n) is 10.5. The third-order valence-electron chi connectivity index (χ3n) is 6.30. The molecule has 0 spiro atoms. The van der Waals surface area contributed by atoms with E-state index in [-0.39, 0.29) is 10.8 Å². The summed E-state index contributed by atoms with van der Waals surface area (Å²) in [4.78, 5) is 0. The minimum absolute atomic E-state index is 0.0758. The Morgan fingerprint density at radius 3 is 1.64 bits per heavy atom. The third kappa shape index (κ3) is 5.32. The van der Waals surface area contributed by atoms with Crippen LogP contribution in [0.5, 0.6) is 0 Å². The van der Waals surface area contributed by atoms with Crippen molar-refractivity contribution in [1.29, 1.82) is 0 Å². The van der Waals surface area contributed by atoms with E-state index in [9.17, 15) is 0 Å². The Labute approximate surface area is 203 Å². The summed E-state index contributed by atoms with van der Waals surface area (Å²) in [5, 5.41) is 2.11. The first kappa shape index (κ1) is 26.7. The van der Waals surface area contributed by atoms with Gasteiger partial charge in [-0.3, -0.25) is 0 Å². The van der Waals surface area contributed by atoms with Crippen LogP contribution in [0.15, 0.2) is 48.5 Å². The fourth-order valence-electron chi connectivity index (χ4n) is 4.51. The first-order valence-corrected chi connectivity index (χ1v) is 12.6. The first-order chi connectivity index (χ1) is 15.5. The number of hydrogen-bond acceptors (Lipinski definition) is 0. The molecule has 0 atom stereocenters. The van der Waals surface area contributed by atoms with Crippen molar-refractivity contribution in [2.45, 2.75) is 86.5 Å². The molecular formula is C33H44. The zero-order chi connectivity index (χ0) is 25.1. The highest BCUT2D eigenvalue weighted by molar-refractivity contribution is 5.80. The van der Waals surface area contributed by atoms with Gasteiger partial charge in [0.25, 0.3) is 0 Å². The van der Waals surface area contributed by atoms with E-state index in [1.165, 1.54) is 44.5 Å². The molecule has 4 rings (SSSR count). The van der Waals surface area contributed by atoms with Crippen molar-refractivity contribution in [3.05, 3.63) is 81.2 Å². The van der Waals surface area contributed by atoms with Crippen LogP contribution in [0.3, 0.4) is 0 Å². The first-order valence-electron chi connectivity index (χ1n) is 12.6. The lowest BCUT2D eigenvalue weighted by Gasteiger charge is -2.21. The summed E-state index contributed by atoms with van der Waals surface area (Å²) < 4.78 is 0. The molecule has 176 valence electrons. The fraction of sp³-hybridized carbons (Fsp3) is 0.394. The second-order valence-corrected chi connectivity index (χ2v) is 10.5. The molecule has 0 aliphatic heterocycles. The van der Waals surface area contributed by atoms with Crippen molar-refractivity contribution < 1.29 is 0 Å². The lowest BCUT2D eigenvalue weighted by atomic mass is 9.84. The number of benzene rings is 3. The molecule has 0 aromatic heterocycles. The Morgan fingerprint density at radius 2 is 1.09 bits per heavy atom. The van der Waals surface area contributed by atoms with Gasteiger partial charge in [0, 0.05) is 0 Å². The van der Waals surface area contributed by atoms with Crippen LogP contribution in [-0.4, -0.2) is 0 Å². The number of rotatable bonds is 1. The van der Waals surface area contributed by atoms with Gasteiger partial charge in [-0.2, -0.15) is 0 Å². The summed E-state index contributed by atoms with van der Waals surface area (Å²) in [6.45, 7) is 30.3. The molecule has 33 heavy (non-hydrogen) atoms. The lowest BCUT2D eigenvalue weighted by Crippen LogP contribution is -2.33. The molecular weight excluding hydrogens is 396 g/mol. The van der Waals surface area contributed by atoms with E-state index in [2.05, 4.69) is 103 Å². The minimum atomic E-state index is 0.0758. The van der Waals surface area contributed by atoms with Crippen molar-refractivity contribution in [1.82, 2.24) is 0 Å². The maximum atomic E-state index is 4.38. The van der Waals surface area contributed by atoms with E-state index in [1.54, 1.807) is 0 Å². The highest BCUT2D eigenvalue weighted by Gasteiger charge is 2.22. The SMILES string of the molecule is C=c1c(-c2ccc3c(c2)Cc2cc(C(C)(C)C)ccc2-3)ccc(C(C)(C)C)c1=C.CC.CC. The van der Waals surface area contributed by atoms with Gasteiger partial charge in [-0.1, -0.05) is 131 Å². The zero-order valence-corrected chi connectivity index (χ0v) is 22.7. The molecule has 1 aliphatic rings. The van der Waals surface area contributed by atoms with Crippen LogP contribution in [0, 0.1) is 0 Å². The number of fused-ring (bicyclic) bond motifs is 3. The quantitative estimate of drug-likeness (QED) is 0.279. The van der Waals surface area contributed by atoms with Crippen molar-refractivity contribution in [3.8, 4) is 22.3 Å². The van der Waals surface area contributed by atoms with E-state index in [4.69, 9.17) is 0 Å². The van der Waals surface area contributed by atoms with Gasteiger partial charge >= 0.3 is 0 Å².